The van der Waals surface area contributed by atoms with E-state index in [9.17, 15) is 0 Å². The van der Waals surface area contributed by atoms with E-state index in [0.29, 0.717) is 5.89 Å². The highest BCUT2D eigenvalue weighted by atomic mass is 35.5. The highest BCUT2D eigenvalue weighted by molar-refractivity contribution is 5.89. The van der Waals surface area contributed by atoms with Crippen molar-refractivity contribution in [1.29, 1.82) is 0 Å². The summed E-state index contributed by atoms with van der Waals surface area (Å²) in [5, 5.41) is 8.60. The van der Waals surface area contributed by atoms with Crippen LogP contribution in [0.4, 0.5) is 0 Å². The van der Waals surface area contributed by atoms with Crippen molar-refractivity contribution < 1.29 is 4.52 Å². The lowest BCUT2D eigenvalue weighted by Crippen LogP contribution is -2.44. The van der Waals surface area contributed by atoms with Crippen molar-refractivity contribution in [2.24, 2.45) is 0 Å². The molecular weight excluding hydrogens is 338 g/mol. The second kappa shape index (κ2) is 7.74. The van der Waals surface area contributed by atoms with Gasteiger partial charge < -0.3 is 9.84 Å². The Morgan fingerprint density at radius 2 is 2.12 bits per heavy atom. The van der Waals surface area contributed by atoms with Crippen LogP contribution in [-0.4, -0.2) is 46.7 Å². The summed E-state index contributed by atoms with van der Waals surface area (Å²) in [6.45, 7) is 2.81. The lowest BCUT2D eigenvalue weighted by molar-refractivity contribution is 0.190. The second-order valence-corrected chi connectivity index (χ2v) is 5.94. The summed E-state index contributed by atoms with van der Waals surface area (Å²) in [4.78, 5) is 11.1. The van der Waals surface area contributed by atoms with E-state index in [0.717, 1.165) is 41.9 Å². The molecule has 130 valence electrons. The van der Waals surface area contributed by atoms with E-state index in [4.69, 9.17) is 4.52 Å². The van der Waals surface area contributed by atoms with Gasteiger partial charge in [-0.15, -0.1) is 12.4 Å². The molecule has 1 unspecified atom stereocenters. The molecule has 1 saturated heterocycles. The molecule has 4 rings (SSSR count). The molecular formula is C18H20ClN5O. The molecule has 1 N–H and O–H groups in total. The fourth-order valence-electron chi connectivity index (χ4n) is 2.97. The van der Waals surface area contributed by atoms with Crippen molar-refractivity contribution >= 4 is 35.5 Å². The molecule has 0 aliphatic carbocycles. The maximum Gasteiger partial charge on any atom is 0.250 e. The lowest BCUT2D eigenvalue weighted by Gasteiger charge is -2.30. The van der Waals surface area contributed by atoms with Crippen molar-refractivity contribution in [3.05, 3.63) is 53.8 Å². The van der Waals surface area contributed by atoms with Gasteiger partial charge in [0.25, 0.3) is 5.89 Å². The molecule has 25 heavy (non-hydrogen) atoms. The lowest BCUT2D eigenvalue weighted by atomic mass is 10.1. The second-order valence-electron chi connectivity index (χ2n) is 5.94. The molecule has 0 radical (unpaired) electrons. The van der Waals surface area contributed by atoms with Crippen LogP contribution in [-0.2, 0) is 0 Å². The normalized spacial score (nSPS) is 18.5. The molecule has 2 aromatic heterocycles. The number of likely N-dealkylation sites (N-methyl/N-ethyl adjacent to an activating group) is 1. The first-order valence-corrected chi connectivity index (χ1v) is 8.08. The molecule has 1 aliphatic rings. The number of hydrogen-bond acceptors (Lipinski definition) is 6. The van der Waals surface area contributed by atoms with Crippen LogP contribution < -0.4 is 5.32 Å². The summed E-state index contributed by atoms with van der Waals surface area (Å²) in [5.74, 6) is 1.24. The number of pyridine rings is 1. The summed E-state index contributed by atoms with van der Waals surface area (Å²) in [6.07, 6.45) is 5.66. The van der Waals surface area contributed by atoms with Crippen LogP contribution >= 0.6 is 12.4 Å². The van der Waals surface area contributed by atoms with Crippen molar-refractivity contribution in [3.63, 3.8) is 0 Å². The monoisotopic (exact) mass is 357 g/mol. The maximum atomic E-state index is 5.38. The Labute approximate surface area is 152 Å². The summed E-state index contributed by atoms with van der Waals surface area (Å²) in [6, 6.07) is 10.2. The summed E-state index contributed by atoms with van der Waals surface area (Å²) >= 11 is 0. The Kier molecular flexibility index (Phi) is 5.43. The van der Waals surface area contributed by atoms with E-state index in [1.807, 2.05) is 42.6 Å². The zero-order valence-corrected chi connectivity index (χ0v) is 14.7. The number of aromatic nitrogens is 3. The van der Waals surface area contributed by atoms with Gasteiger partial charge in [0.2, 0.25) is 0 Å². The van der Waals surface area contributed by atoms with Gasteiger partial charge in [0.15, 0.2) is 5.82 Å². The number of piperazine rings is 1. The van der Waals surface area contributed by atoms with Crippen LogP contribution in [0.1, 0.15) is 23.3 Å². The van der Waals surface area contributed by atoms with Gasteiger partial charge in [-0.25, -0.2) is 0 Å². The molecule has 6 nitrogen and oxygen atoms in total. The van der Waals surface area contributed by atoms with Crippen LogP contribution in [0, 0.1) is 0 Å². The molecule has 1 atom stereocenters. The van der Waals surface area contributed by atoms with Gasteiger partial charge in [0, 0.05) is 37.3 Å². The third-order valence-corrected chi connectivity index (χ3v) is 4.35. The van der Waals surface area contributed by atoms with Gasteiger partial charge in [0.1, 0.15) is 0 Å². The SMILES string of the molecule is CN1CCNCC1c1noc(/C=C/c2ccnc3ccccc23)n1.Cl. The molecule has 0 saturated carbocycles. The molecule has 0 spiro atoms. The fourth-order valence-corrected chi connectivity index (χ4v) is 2.97. The smallest absolute Gasteiger partial charge is 0.250 e. The number of fused-ring (bicyclic) bond motifs is 1. The zero-order valence-electron chi connectivity index (χ0n) is 13.9. The topological polar surface area (TPSA) is 67.1 Å². The van der Waals surface area contributed by atoms with Crippen molar-refractivity contribution in [2.75, 3.05) is 26.7 Å². The first-order valence-electron chi connectivity index (χ1n) is 8.08. The van der Waals surface area contributed by atoms with E-state index in [-0.39, 0.29) is 18.4 Å². The van der Waals surface area contributed by atoms with E-state index in [2.05, 4.69) is 38.5 Å². The summed E-state index contributed by atoms with van der Waals surface area (Å²) in [5.41, 5.74) is 2.05. The molecule has 1 aliphatic heterocycles. The fraction of sp³-hybridized carbons (Fsp3) is 0.278. The van der Waals surface area contributed by atoms with Crippen LogP contribution in [0.3, 0.4) is 0 Å². The van der Waals surface area contributed by atoms with Crippen LogP contribution in [0.2, 0.25) is 0 Å². The minimum absolute atomic E-state index is 0. The van der Waals surface area contributed by atoms with Crippen molar-refractivity contribution in [1.82, 2.24) is 25.3 Å². The highest BCUT2D eigenvalue weighted by Crippen LogP contribution is 2.20. The number of hydrogen-bond donors (Lipinski definition) is 1. The van der Waals surface area contributed by atoms with Crippen molar-refractivity contribution in [3.8, 4) is 0 Å². The number of rotatable bonds is 3. The van der Waals surface area contributed by atoms with E-state index < -0.39 is 0 Å². The first-order chi connectivity index (χ1) is 11.8. The predicted molar refractivity (Wildman–Crippen MR) is 100 cm³/mol. The van der Waals surface area contributed by atoms with E-state index >= 15 is 0 Å². The van der Waals surface area contributed by atoms with Gasteiger partial charge in [-0.3, -0.25) is 9.88 Å². The van der Waals surface area contributed by atoms with Gasteiger partial charge in [0.05, 0.1) is 11.6 Å². The third-order valence-electron chi connectivity index (χ3n) is 4.35. The van der Waals surface area contributed by atoms with E-state index in [1.165, 1.54) is 0 Å². The molecule has 3 aromatic rings. The minimum atomic E-state index is 0. The quantitative estimate of drug-likeness (QED) is 0.777. The van der Waals surface area contributed by atoms with Crippen LogP contribution in [0.25, 0.3) is 23.1 Å². The molecule has 7 heteroatoms. The molecule has 1 aromatic carbocycles. The number of nitrogens with zero attached hydrogens (tertiary/aromatic N) is 4. The highest BCUT2D eigenvalue weighted by Gasteiger charge is 2.24. The Hall–Kier alpha value is -2.28. The van der Waals surface area contributed by atoms with Gasteiger partial charge in [-0.1, -0.05) is 23.4 Å². The van der Waals surface area contributed by atoms with Crippen LogP contribution in [0.5, 0.6) is 0 Å². The standard InChI is InChI=1S/C18H19N5O.ClH/c1-23-11-10-19-12-16(23)18-21-17(24-22-18)7-6-13-8-9-20-15-5-3-2-4-14(13)15;/h2-9,16,19H,10-12H2,1H3;1H/b7-6+;. The summed E-state index contributed by atoms with van der Waals surface area (Å²) < 4.78 is 5.38. The molecule has 0 bridgehead atoms. The summed E-state index contributed by atoms with van der Waals surface area (Å²) in [7, 11) is 2.08. The molecule has 1 fully saturated rings. The predicted octanol–water partition coefficient (Wildman–Crippen LogP) is 2.79. The number of halogens is 1. The Morgan fingerprint density at radius 1 is 1.24 bits per heavy atom. The number of benzene rings is 1. The average molecular weight is 358 g/mol. The third kappa shape index (κ3) is 3.71. The maximum absolute atomic E-state index is 5.38. The number of para-hydroxylation sites is 1. The van der Waals surface area contributed by atoms with Crippen molar-refractivity contribution in [2.45, 2.75) is 6.04 Å². The average Bonchev–Trinajstić information content (AvgIpc) is 3.09. The van der Waals surface area contributed by atoms with Gasteiger partial charge in [-0.2, -0.15) is 4.98 Å². The zero-order chi connectivity index (χ0) is 16.4. The minimum Gasteiger partial charge on any atom is -0.335 e. The molecule has 3 heterocycles. The Morgan fingerprint density at radius 3 is 3.00 bits per heavy atom. The van der Waals surface area contributed by atoms with Crippen LogP contribution in [0.15, 0.2) is 41.1 Å². The van der Waals surface area contributed by atoms with E-state index in [1.54, 1.807) is 0 Å². The number of nitrogens with one attached hydrogen (secondary N) is 1. The van der Waals surface area contributed by atoms with Gasteiger partial charge >= 0.3 is 0 Å². The Bertz CT molecular complexity index is 873. The largest absolute Gasteiger partial charge is 0.335 e. The van der Waals surface area contributed by atoms with Gasteiger partial charge in [-0.05, 0) is 30.8 Å². The first kappa shape index (κ1) is 17.5. The Balaban J connectivity index is 0.00000182. The molecule has 0 amide bonds.